The molecule has 1 unspecified atom stereocenters. The maximum absolute atomic E-state index is 11.5. The molecule has 0 saturated heterocycles. The van der Waals surface area contributed by atoms with E-state index in [2.05, 4.69) is 20.6 Å². The van der Waals surface area contributed by atoms with Crippen LogP contribution in [0.1, 0.15) is 13.3 Å². The molecule has 19 heavy (non-hydrogen) atoms. The van der Waals surface area contributed by atoms with Crippen molar-refractivity contribution in [1.29, 1.82) is 0 Å². The molecule has 0 aliphatic carbocycles. The SMILES string of the molecule is CC(O)CCNC(=O)Nc1ccn(CCN(C)C)n1. The average molecular weight is 269 g/mol. The van der Waals surface area contributed by atoms with Crippen molar-refractivity contribution in [3.05, 3.63) is 12.3 Å². The van der Waals surface area contributed by atoms with E-state index in [0.717, 1.165) is 13.1 Å². The van der Waals surface area contributed by atoms with Gasteiger partial charge in [0.15, 0.2) is 5.82 Å². The molecular formula is C12H23N5O2. The van der Waals surface area contributed by atoms with Gasteiger partial charge in [-0.15, -0.1) is 0 Å². The van der Waals surface area contributed by atoms with Crippen molar-refractivity contribution >= 4 is 11.8 Å². The van der Waals surface area contributed by atoms with E-state index in [1.807, 2.05) is 20.3 Å². The van der Waals surface area contributed by atoms with Crippen LogP contribution in [0.2, 0.25) is 0 Å². The molecule has 0 saturated carbocycles. The number of likely N-dealkylation sites (N-methyl/N-ethyl adjacent to an activating group) is 1. The molecular weight excluding hydrogens is 246 g/mol. The van der Waals surface area contributed by atoms with Crippen LogP contribution in [-0.4, -0.2) is 59.1 Å². The Labute approximate surface area is 113 Å². The number of aliphatic hydroxyl groups excluding tert-OH is 1. The summed E-state index contributed by atoms with van der Waals surface area (Å²) in [5.74, 6) is 0.522. The second-order valence-electron chi connectivity index (χ2n) is 4.79. The van der Waals surface area contributed by atoms with Crippen molar-refractivity contribution in [2.45, 2.75) is 26.0 Å². The lowest BCUT2D eigenvalue weighted by molar-refractivity contribution is 0.184. The van der Waals surface area contributed by atoms with Crippen LogP contribution in [0, 0.1) is 0 Å². The molecule has 1 atom stereocenters. The van der Waals surface area contributed by atoms with Gasteiger partial charge in [0, 0.05) is 25.4 Å². The van der Waals surface area contributed by atoms with Gasteiger partial charge in [-0.05, 0) is 27.4 Å². The Morgan fingerprint density at radius 3 is 2.95 bits per heavy atom. The Hall–Kier alpha value is -1.60. The fraction of sp³-hybridized carbons (Fsp3) is 0.667. The third-order valence-corrected chi connectivity index (χ3v) is 2.51. The fourth-order valence-electron chi connectivity index (χ4n) is 1.41. The number of carbonyl (C=O) groups is 1. The first-order valence-corrected chi connectivity index (χ1v) is 6.38. The number of anilines is 1. The summed E-state index contributed by atoms with van der Waals surface area (Å²) in [6.07, 6.45) is 1.95. The molecule has 3 N–H and O–H groups in total. The molecule has 0 aliphatic heterocycles. The summed E-state index contributed by atoms with van der Waals surface area (Å²) in [7, 11) is 4.00. The first-order valence-electron chi connectivity index (χ1n) is 6.38. The molecule has 1 aromatic heterocycles. The maximum atomic E-state index is 11.5. The van der Waals surface area contributed by atoms with Crippen LogP contribution in [0.25, 0.3) is 0 Å². The summed E-state index contributed by atoms with van der Waals surface area (Å²) in [6.45, 7) is 3.79. The number of aromatic nitrogens is 2. The van der Waals surface area contributed by atoms with Gasteiger partial charge in [0.05, 0.1) is 12.6 Å². The number of amides is 2. The summed E-state index contributed by atoms with van der Waals surface area (Å²) in [6, 6.07) is 1.45. The van der Waals surface area contributed by atoms with Crippen LogP contribution in [0.15, 0.2) is 12.3 Å². The predicted octanol–water partition coefficient (Wildman–Crippen LogP) is 0.337. The van der Waals surface area contributed by atoms with E-state index in [0.29, 0.717) is 18.8 Å². The van der Waals surface area contributed by atoms with Gasteiger partial charge < -0.3 is 15.3 Å². The second kappa shape index (κ2) is 7.75. The summed E-state index contributed by atoms with van der Waals surface area (Å²) in [4.78, 5) is 13.6. The number of aliphatic hydroxyl groups is 1. The standard InChI is InChI=1S/C12H23N5O2/c1-10(18)4-6-13-12(19)14-11-5-7-17(15-11)9-8-16(2)3/h5,7,10,18H,4,6,8-9H2,1-3H3,(H2,13,14,15,19). The van der Waals surface area contributed by atoms with Gasteiger partial charge in [-0.3, -0.25) is 10.00 Å². The topological polar surface area (TPSA) is 82.4 Å². The number of urea groups is 1. The molecule has 108 valence electrons. The van der Waals surface area contributed by atoms with E-state index in [1.54, 1.807) is 17.7 Å². The van der Waals surface area contributed by atoms with Crippen LogP contribution in [0.5, 0.6) is 0 Å². The first-order chi connectivity index (χ1) is 8.97. The normalized spacial score (nSPS) is 12.5. The van der Waals surface area contributed by atoms with Crippen LogP contribution in [-0.2, 0) is 6.54 Å². The summed E-state index contributed by atoms with van der Waals surface area (Å²) in [5.41, 5.74) is 0. The van der Waals surface area contributed by atoms with Gasteiger partial charge in [-0.1, -0.05) is 0 Å². The van der Waals surface area contributed by atoms with Crippen molar-refractivity contribution in [2.24, 2.45) is 0 Å². The third-order valence-electron chi connectivity index (χ3n) is 2.51. The molecule has 0 aliphatic rings. The zero-order chi connectivity index (χ0) is 14.3. The number of nitrogens with zero attached hydrogens (tertiary/aromatic N) is 3. The highest BCUT2D eigenvalue weighted by molar-refractivity contribution is 5.88. The maximum Gasteiger partial charge on any atom is 0.320 e. The molecule has 0 spiro atoms. The molecule has 7 nitrogen and oxygen atoms in total. The molecule has 0 bridgehead atoms. The van der Waals surface area contributed by atoms with Gasteiger partial charge in [0.25, 0.3) is 0 Å². The number of rotatable bonds is 7. The molecule has 1 aromatic rings. The van der Waals surface area contributed by atoms with Crippen molar-refractivity contribution in [3.8, 4) is 0 Å². The molecule has 0 fully saturated rings. The highest BCUT2D eigenvalue weighted by atomic mass is 16.3. The smallest absolute Gasteiger partial charge is 0.320 e. The lowest BCUT2D eigenvalue weighted by Gasteiger charge is -2.09. The number of nitrogens with one attached hydrogen (secondary N) is 2. The van der Waals surface area contributed by atoms with Crippen molar-refractivity contribution in [2.75, 3.05) is 32.5 Å². The Bertz CT molecular complexity index is 389. The molecule has 1 heterocycles. The third kappa shape index (κ3) is 6.78. The van der Waals surface area contributed by atoms with E-state index < -0.39 is 6.10 Å². The molecule has 2 amide bonds. The summed E-state index contributed by atoms with van der Waals surface area (Å²) >= 11 is 0. The van der Waals surface area contributed by atoms with Crippen LogP contribution >= 0.6 is 0 Å². The van der Waals surface area contributed by atoms with Gasteiger partial charge >= 0.3 is 6.03 Å². The molecule has 1 rings (SSSR count). The van der Waals surface area contributed by atoms with Gasteiger partial charge in [-0.25, -0.2) is 4.79 Å². The second-order valence-corrected chi connectivity index (χ2v) is 4.79. The van der Waals surface area contributed by atoms with Crippen molar-refractivity contribution < 1.29 is 9.90 Å². The quantitative estimate of drug-likeness (QED) is 0.666. The molecule has 0 aromatic carbocycles. The Kier molecular flexibility index (Phi) is 6.31. The molecule has 0 radical (unpaired) electrons. The minimum atomic E-state index is -0.412. The molecule has 7 heteroatoms. The average Bonchev–Trinajstić information content (AvgIpc) is 2.73. The Balaban J connectivity index is 2.30. The largest absolute Gasteiger partial charge is 0.393 e. The first kappa shape index (κ1) is 15.5. The minimum absolute atomic E-state index is 0.307. The Morgan fingerprint density at radius 1 is 1.58 bits per heavy atom. The number of hydrogen-bond donors (Lipinski definition) is 3. The van der Waals surface area contributed by atoms with E-state index >= 15 is 0 Å². The van der Waals surface area contributed by atoms with E-state index in [4.69, 9.17) is 5.11 Å². The van der Waals surface area contributed by atoms with E-state index in [1.165, 1.54) is 0 Å². The van der Waals surface area contributed by atoms with Gasteiger partial charge in [0.1, 0.15) is 0 Å². The van der Waals surface area contributed by atoms with Gasteiger partial charge in [-0.2, -0.15) is 5.10 Å². The lowest BCUT2D eigenvalue weighted by atomic mass is 10.3. The summed E-state index contributed by atoms with van der Waals surface area (Å²) < 4.78 is 1.78. The highest BCUT2D eigenvalue weighted by Gasteiger charge is 2.05. The highest BCUT2D eigenvalue weighted by Crippen LogP contribution is 2.02. The van der Waals surface area contributed by atoms with Crippen LogP contribution in [0.3, 0.4) is 0 Å². The van der Waals surface area contributed by atoms with Crippen molar-refractivity contribution in [3.63, 3.8) is 0 Å². The van der Waals surface area contributed by atoms with E-state index in [9.17, 15) is 4.79 Å². The predicted molar refractivity (Wildman–Crippen MR) is 74.1 cm³/mol. The van der Waals surface area contributed by atoms with Crippen LogP contribution < -0.4 is 10.6 Å². The number of carbonyl (C=O) groups excluding carboxylic acids is 1. The minimum Gasteiger partial charge on any atom is -0.393 e. The zero-order valence-corrected chi connectivity index (χ0v) is 11.8. The fourth-order valence-corrected chi connectivity index (χ4v) is 1.41. The lowest BCUT2D eigenvalue weighted by Crippen LogP contribution is -2.31. The van der Waals surface area contributed by atoms with Crippen molar-refractivity contribution in [1.82, 2.24) is 20.0 Å². The summed E-state index contributed by atoms with van der Waals surface area (Å²) in [5, 5.41) is 18.6. The van der Waals surface area contributed by atoms with Gasteiger partial charge in [0.2, 0.25) is 0 Å². The number of hydrogen-bond acceptors (Lipinski definition) is 4. The monoisotopic (exact) mass is 269 g/mol. The van der Waals surface area contributed by atoms with Crippen LogP contribution in [0.4, 0.5) is 10.6 Å². The van der Waals surface area contributed by atoms with E-state index in [-0.39, 0.29) is 6.03 Å². The Morgan fingerprint density at radius 2 is 2.32 bits per heavy atom. The zero-order valence-electron chi connectivity index (χ0n) is 11.8.